The van der Waals surface area contributed by atoms with Gasteiger partial charge in [-0.3, -0.25) is 9.36 Å². The zero-order chi connectivity index (χ0) is 30.0. The lowest BCUT2D eigenvalue weighted by atomic mass is 9.95. The van der Waals surface area contributed by atoms with E-state index >= 15 is 0 Å². The third-order valence-electron chi connectivity index (χ3n) is 6.79. The number of nitrogens with zero attached hydrogens (tertiary/aromatic N) is 2. The molecule has 1 aliphatic rings. The molecule has 1 atom stereocenters. The van der Waals surface area contributed by atoms with Gasteiger partial charge in [-0.2, -0.15) is 0 Å². The molecule has 0 radical (unpaired) electrons. The highest BCUT2D eigenvalue weighted by molar-refractivity contribution is 14.1. The first kappa shape index (κ1) is 30.1. The fourth-order valence-corrected chi connectivity index (χ4v) is 6.61. The van der Waals surface area contributed by atoms with E-state index in [1.165, 1.54) is 11.3 Å². The molecule has 2 heterocycles. The van der Waals surface area contributed by atoms with Crippen LogP contribution in [0.1, 0.15) is 42.1 Å². The second-order valence-electron chi connectivity index (χ2n) is 9.62. The maximum absolute atomic E-state index is 14.1. The van der Waals surface area contributed by atoms with Gasteiger partial charge in [0.15, 0.2) is 16.3 Å². The molecule has 0 aliphatic carbocycles. The van der Waals surface area contributed by atoms with Gasteiger partial charge in [0.05, 0.1) is 35.6 Å². The highest BCUT2D eigenvalue weighted by Gasteiger charge is 2.33. The van der Waals surface area contributed by atoms with Gasteiger partial charge in [0.1, 0.15) is 6.61 Å². The van der Waals surface area contributed by atoms with E-state index in [1.54, 1.807) is 31.6 Å². The number of rotatable bonds is 8. The molecule has 0 spiro atoms. The summed E-state index contributed by atoms with van der Waals surface area (Å²) in [5.41, 5.74) is 3.96. The lowest BCUT2D eigenvalue weighted by Crippen LogP contribution is -2.39. The number of fused-ring (bicyclic) bond motifs is 1. The lowest BCUT2D eigenvalue weighted by molar-refractivity contribution is -0.139. The Morgan fingerprint density at radius 1 is 1.14 bits per heavy atom. The number of carbonyl (C=O) groups is 1. The van der Waals surface area contributed by atoms with E-state index in [-0.39, 0.29) is 18.8 Å². The van der Waals surface area contributed by atoms with E-state index in [0.29, 0.717) is 42.7 Å². The Morgan fingerprint density at radius 2 is 1.88 bits per heavy atom. The molecule has 0 unspecified atom stereocenters. The second-order valence-corrected chi connectivity index (χ2v) is 12.3. The number of benzene rings is 3. The van der Waals surface area contributed by atoms with Crippen molar-refractivity contribution >= 4 is 57.6 Å². The van der Waals surface area contributed by atoms with Gasteiger partial charge in [0.25, 0.3) is 5.56 Å². The van der Waals surface area contributed by atoms with E-state index in [9.17, 15) is 9.59 Å². The zero-order valence-corrected chi connectivity index (χ0v) is 27.2. The second kappa shape index (κ2) is 12.8. The summed E-state index contributed by atoms with van der Waals surface area (Å²) in [5.74, 6) is 0.532. The normalized spacial score (nSPS) is 14.8. The molecule has 0 fully saturated rings. The molecule has 5 rings (SSSR count). The van der Waals surface area contributed by atoms with E-state index in [0.717, 1.165) is 20.3 Å². The van der Waals surface area contributed by atoms with Crippen molar-refractivity contribution in [2.45, 2.75) is 33.4 Å². The van der Waals surface area contributed by atoms with E-state index < -0.39 is 12.0 Å². The van der Waals surface area contributed by atoms with Gasteiger partial charge in [-0.1, -0.05) is 71.0 Å². The Bertz CT molecular complexity index is 1880. The van der Waals surface area contributed by atoms with E-state index in [1.807, 2.05) is 67.6 Å². The van der Waals surface area contributed by atoms with Crippen molar-refractivity contribution in [1.82, 2.24) is 4.57 Å². The van der Waals surface area contributed by atoms with Crippen LogP contribution in [0.3, 0.4) is 0 Å². The Kier molecular flexibility index (Phi) is 9.19. The van der Waals surface area contributed by atoms with Crippen LogP contribution in [0.15, 0.2) is 81.7 Å². The lowest BCUT2D eigenvalue weighted by Gasteiger charge is -2.24. The minimum atomic E-state index is -0.676. The van der Waals surface area contributed by atoms with Gasteiger partial charge in [0, 0.05) is 19.7 Å². The van der Waals surface area contributed by atoms with Gasteiger partial charge in [0.2, 0.25) is 0 Å². The van der Waals surface area contributed by atoms with Crippen LogP contribution in [-0.2, 0) is 16.1 Å². The van der Waals surface area contributed by atoms with Gasteiger partial charge in [-0.05, 0) is 73.2 Å². The summed E-state index contributed by atoms with van der Waals surface area (Å²) in [6.45, 7) is 5.95. The fraction of sp³-hybridized carbons (Fsp3) is 0.219. The van der Waals surface area contributed by atoms with Crippen LogP contribution in [0, 0.1) is 10.5 Å². The van der Waals surface area contributed by atoms with Crippen LogP contribution in [0.25, 0.3) is 6.08 Å². The van der Waals surface area contributed by atoms with Crippen molar-refractivity contribution in [2.24, 2.45) is 4.99 Å². The Balaban J connectivity index is 1.67. The number of aryl methyl sites for hydroxylation is 1. The fourth-order valence-electron chi connectivity index (χ4n) is 4.76. The van der Waals surface area contributed by atoms with Crippen molar-refractivity contribution in [1.29, 1.82) is 0 Å². The highest BCUT2D eigenvalue weighted by Crippen LogP contribution is 2.35. The molecule has 0 amide bonds. The molecular weight excluding hydrogens is 687 g/mol. The first-order chi connectivity index (χ1) is 20.2. The summed E-state index contributed by atoms with van der Waals surface area (Å²) < 4.78 is 20.2. The highest BCUT2D eigenvalue weighted by atomic mass is 127. The molecule has 7 nitrogen and oxygen atoms in total. The molecule has 0 saturated carbocycles. The van der Waals surface area contributed by atoms with Crippen molar-refractivity contribution in [3.05, 3.63) is 122 Å². The molecule has 1 aliphatic heterocycles. The molecule has 42 heavy (non-hydrogen) atoms. The summed E-state index contributed by atoms with van der Waals surface area (Å²) >= 11 is 9.83. The van der Waals surface area contributed by atoms with Crippen LogP contribution >= 0.6 is 45.5 Å². The van der Waals surface area contributed by atoms with Gasteiger partial charge >= 0.3 is 5.97 Å². The number of hydrogen-bond donors (Lipinski definition) is 0. The Labute approximate surface area is 265 Å². The standard InChI is InChI=1S/C32H28ClIN2O5S/c1-5-40-31(38)27-19(3)35-32-36(28(27)20-12-10-18(2)11-13-20)30(37)26(42-32)15-22-14-23(34)16-25(39-4)29(22)41-17-21-8-6-7-9-24(21)33/h6-16,28H,5,17H2,1-4H3/b26-15-/t28-/m0/s1. The van der Waals surface area contributed by atoms with Crippen molar-refractivity contribution < 1.29 is 19.0 Å². The maximum Gasteiger partial charge on any atom is 0.338 e. The number of methoxy groups -OCH3 is 1. The number of halogens is 2. The third-order valence-corrected chi connectivity index (χ3v) is 8.77. The molecule has 0 N–H and O–H groups in total. The molecule has 0 saturated heterocycles. The largest absolute Gasteiger partial charge is 0.493 e. The monoisotopic (exact) mass is 714 g/mol. The summed E-state index contributed by atoms with van der Waals surface area (Å²) in [6.07, 6.45) is 1.78. The number of carbonyl (C=O) groups excluding carboxylic acids is 1. The average Bonchev–Trinajstić information content (AvgIpc) is 3.26. The third kappa shape index (κ3) is 6.04. The quantitative estimate of drug-likeness (QED) is 0.167. The number of ether oxygens (including phenoxy) is 3. The van der Waals surface area contributed by atoms with Crippen LogP contribution < -0.4 is 24.4 Å². The molecular formula is C32H28ClIN2O5S. The van der Waals surface area contributed by atoms with Crippen molar-refractivity contribution in [2.75, 3.05) is 13.7 Å². The first-order valence-electron chi connectivity index (χ1n) is 13.2. The van der Waals surface area contributed by atoms with Crippen molar-refractivity contribution in [3.63, 3.8) is 0 Å². The van der Waals surface area contributed by atoms with Crippen molar-refractivity contribution in [3.8, 4) is 11.5 Å². The summed E-state index contributed by atoms with van der Waals surface area (Å²) in [5, 5.41) is 0.598. The van der Waals surface area contributed by atoms with Gasteiger partial charge in [-0.25, -0.2) is 9.79 Å². The number of allylic oxidation sites excluding steroid dienone is 1. The molecule has 1 aromatic heterocycles. The number of hydrogen-bond acceptors (Lipinski definition) is 7. The zero-order valence-electron chi connectivity index (χ0n) is 23.4. The predicted octanol–water partition coefficient (Wildman–Crippen LogP) is 5.95. The molecule has 216 valence electrons. The molecule has 3 aromatic carbocycles. The minimum Gasteiger partial charge on any atom is -0.493 e. The predicted molar refractivity (Wildman–Crippen MR) is 173 cm³/mol. The van der Waals surface area contributed by atoms with Crippen LogP contribution in [-0.4, -0.2) is 24.3 Å². The maximum atomic E-state index is 14.1. The van der Waals surface area contributed by atoms with Crippen LogP contribution in [0.5, 0.6) is 11.5 Å². The smallest absolute Gasteiger partial charge is 0.338 e. The summed E-state index contributed by atoms with van der Waals surface area (Å²) in [7, 11) is 1.58. The SMILES string of the molecule is CCOC(=O)C1=C(C)N=c2s/c(=C\c3cc(I)cc(OC)c3OCc3ccccc3Cl)c(=O)n2[C@H]1c1ccc(C)cc1. The molecule has 4 aromatic rings. The van der Waals surface area contributed by atoms with Crippen LogP contribution in [0.4, 0.5) is 0 Å². The molecule has 0 bridgehead atoms. The summed E-state index contributed by atoms with van der Waals surface area (Å²) in [6, 6.07) is 18.4. The average molecular weight is 715 g/mol. The minimum absolute atomic E-state index is 0.214. The topological polar surface area (TPSA) is 79.1 Å². The Morgan fingerprint density at radius 3 is 2.57 bits per heavy atom. The van der Waals surface area contributed by atoms with E-state index in [2.05, 4.69) is 27.6 Å². The molecule has 10 heteroatoms. The number of esters is 1. The number of aromatic nitrogens is 1. The summed E-state index contributed by atoms with van der Waals surface area (Å²) in [4.78, 5) is 32.4. The first-order valence-corrected chi connectivity index (χ1v) is 15.5. The van der Waals surface area contributed by atoms with Crippen LogP contribution in [0.2, 0.25) is 5.02 Å². The Hall–Kier alpha value is -3.41. The van der Waals surface area contributed by atoms with Gasteiger partial charge < -0.3 is 14.2 Å². The van der Waals surface area contributed by atoms with Gasteiger partial charge in [-0.15, -0.1) is 0 Å². The number of thiazole rings is 1. The van der Waals surface area contributed by atoms with E-state index in [4.69, 9.17) is 25.8 Å².